The third-order valence-electron chi connectivity index (χ3n) is 0. The minimum absolute atomic E-state index is 0.380. The first-order valence-electron chi connectivity index (χ1n) is 1.29. The highest BCUT2D eigenvalue weighted by Gasteiger charge is 1.73. The van der Waals surface area contributed by atoms with Crippen molar-refractivity contribution < 1.29 is 0 Å². The van der Waals surface area contributed by atoms with Gasteiger partial charge in [0.25, 0.3) is 0 Å². The van der Waals surface area contributed by atoms with Crippen LogP contribution in [-0.4, -0.2) is 8.96 Å². The van der Waals surface area contributed by atoms with E-state index in [9.17, 15) is 0 Å². The molecule has 2 heteroatoms. The largest absolute Gasteiger partial charge is 0.352 e. The summed E-state index contributed by atoms with van der Waals surface area (Å²) in [5, 5.41) is 5.21. The zero-order chi connectivity index (χ0) is 3.58. The highest BCUT2D eigenvalue weighted by molar-refractivity contribution is 6.51. The van der Waals surface area contributed by atoms with Gasteiger partial charge in [0.1, 0.15) is 8.96 Å². The maximum Gasteiger partial charge on any atom is 0.124 e. The molecule has 0 spiro atoms. The van der Waals surface area contributed by atoms with Gasteiger partial charge in [0, 0.05) is 0 Å². The topological polar surface area (TPSA) is 26.0 Å². The van der Waals surface area contributed by atoms with Gasteiger partial charge in [0.05, 0.1) is 0 Å². The predicted molar refractivity (Wildman–Crippen MR) is 21.7 cm³/mol. The summed E-state index contributed by atoms with van der Waals surface area (Å²) in [7, 11) is -0.380. The smallest absolute Gasteiger partial charge is 0.124 e. The Morgan fingerprint density at radius 2 is 1.50 bits per heavy atom. The summed E-state index contributed by atoms with van der Waals surface area (Å²) in [6.45, 7) is 4.09. The molecule has 25 valence electrons. The predicted octanol–water partition coefficient (Wildman–Crippen LogP) is 0.196. The second kappa shape index (κ2) is 1.49. The van der Waals surface area contributed by atoms with Gasteiger partial charge in [-0.15, -0.1) is 0 Å². The van der Waals surface area contributed by atoms with E-state index < -0.39 is 0 Å². The van der Waals surface area contributed by atoms with Gasteiger partial charge in [0.15, 0.2) is 0 Å². The summed E-state index contributed by atoms with van der Waals surface area (Å²) in [6.07, 6.45) is 0. The van der Waals surface area contributed by atoms with Crippen LogP contribution < -0.4 is 5.40 Å². The standard InChI is InChI=1S/C2H8NSi/c1-4(2)3/h3H2,1-2H3. The molecule has 0 aromatic heterocycles. The molecule has 2 N–H and O–H groups in total. The van der Waals surface area contributed by atoms with E-state index in [1.54, 1.807) is 0 Å². The van der Waals surface area contributed by atoms with Gasteiger partial charge < -0.3 is 5.40 Å². The first-order chi connectivity index (χ1) is 1.73. The Kier molecular flexibility index (Phi) is 1.56. The molecule has 0 unspecified atom stereocenters. The molecule has 0 atom stereocenters. The Morgan fingerprint density at radius 3 is 1.50 bits per heavy atom. The fourth-order valence-electron chi connectivity index (χ4n) is 0. The molecule has 0 saturated carbocycles. The van der Waals surface area contributed by atoms with Gasteiger partial charge in [-0.3, -0.25) is 0 Å². The first kappa shape index (κ1) is 4.18. The monoisotopic (exact) mass is 74.0 g/mol. The average molecular weight is 74.2 g/mol. The molecule has 0 aromatic rings. The van der Waals surface area contributed by atoms with Crippen LogP contribution >= 0.6 is 0 Å². The zero-order valence-corrected chi connectivity index (χ0v) is 4.08. The lowest BCUT2D eigenvalue weighted by molar-refractivity contribution is 1.74. The molecule has 0 fully saturated rings. The molecule has 0 saturated heterocycles. The van der Waals surface area contributed by atoms with E-state index in [1.165, 1.54) is 0 Å². The van der Waals surface area contributed by atoms with E-state index in [1.807, 2.05) is 13.1 Å². The van der Waals surface area contributed by atoms with Crippen LogP contribution in [0, 0.1) is 0 Å². The molecule has 0 heterocycles. The number of rotatable bonds is 0. The Labute approximate surface area is 28.5 Å². The van der Waals surface area contributed by atoms with Crippen molar-refractivity contribution in [2.24, 2.45) is 5.40 Å². The second-order valence-corrected chi connectivity index (χ2v) is 3.23. The third-order valence-corrected chi connectivity index (χ3v) is 0. The molecule has 4 heavy (non-hydrogen) atoms. The van der Waals surface area contributed by atoms with Gasteiger partial charge in [0.2, 0.25) is 0 Å². The lowest BCUT2D eigenvalue weighted by Gasteiger charge is -1.76. The second-order valence-electron chi connectivity index (χ2n) is 1.08. The summed E-state index contributed by atoms with van der Waals surface area (Å²) >= 11 is 0. The van der Waals surface area contributed by atoms with Crippen LogP contribution in [0.25, 0.3) is 0 Å². The van der Waals surface area contributed by atoms with E-state index in [4.69, 9.17) is 5.40 Å². The molecule has 0 aromatic carbocycles. The van der Waals surface area contributed by atoms with Crippen molar-refractivity contribution in [2.75, 3.05) is 0 Å². The Morgan fingerprint density at radius 1 is 1.50 bits per heavy atom. The number of hydrogen-bond donors (Lipinski definition) is 1. The van der Waals surface area contributed by atoms with Crippen LogP contribution in [0.3, 0.4) is 0 Å². The highest BCUT2D eigenvalue weighted by Crippen LogP contribution is 1.53. The summed E-state index contributed by atoms with van der Waals surface area (Å²) in [4.78, 5) is 0. The van der Waals surface area contributed by atoms with Crippen molar-refractivity contribution >= 4 is 8.96 Å². The molecular weight excluding hydrogens is 66.1 g/mol. The Hall–Kier alpha value is 0.177. The fourth-order valence-corrected chi connectivity index (χ4v) is 0. The highest BCUT2D eigenvalue weighted by atomic mass is 28.3. The third kappa shape index (κ3) is 96.4. The maximum absolute atomic E-state index is 5.21. The van der Waals surface area contributed by atoms with Crippen LogP contribution in [0.15, 0.2) is 0 Å². The summed E-state index contributed by atoms with van der Waals surface area (Å²) in [5.74, 6) is 0. The maximum atomic E-state index is 5.21. The van der Waals surface area contributed by atoms with E-state index in [0.717, 1.165) is 0 Å². The van der Waals surface area contributed by atoms with E-state index in [0.29, 0.717) is 0 Å². The minimum Gasteiger partial charge on any atom is -0.352 e. The van der Waals surface area contributed by atoms with Crippen LogP contribution in [0.2, 0.25) is 13.1 Å². The van der Waals surface area contributed by atoms with E-state index in [-0.39, 0.29) is 8.96 Å². The van der Waals surface area contributed by atoms with Gasteiger partial charge in [-0.2, -0.15) is 0 Å². The van der Waals surface area contributed by atoms with Gasteiger partial charge in [-0.1, -0.05) is 13.1 Å². The molecule has 1 nitrogen and oxygen atoms in total. The summed E-state index contributed by atoms with van der Waals surface area (Å²) in [6, 6.07) is 0. The molecule has 0 aliphatic heterocycles. The average Bonchev–Trinajstić information content (AvgIpc) is 0.811. The van der Waals surface area contributed by atoms with Gasteiger partial charge in [-0.05, 0) is 0 Å². The Bertz CT molecular complexity index is 10.8. The number of hydrogen-bond acceptors (Lipinski definition) is 1. The van der Waals surface area contributed by atoms with Crippen molar-refractivity contribution in [3.05, 3.63) is 0 Å². The van der Waals surface area contributed by atoms with Crippen molar-refractivity contribution in [1.82, 2.24) is 0 Å². The Balaban J connectivity index is 2.32. The minimum atomic E-state index is -0.380. The van der Waals surface area contributed by atoms with Gasteiger partial charge >= 0.3 is 0 Å². The van der Waals surface area contributed by atoms with Crippen LogP contribution in [0.1, 0.15) is 0 Å². The van der Waals surface area contributed by atoms with Gasteiger partial charge in [-0.25, -0.2) is 0 Å². The molecule has 0 aliphatic rings. The van der Waals surface area contributed by atoms with E-state index >= 15 is 0 Å². The number of nitrogens with two attached hydrogens (primary N) is 1. The van der Waals surface area contributed by atoms with E-state index in [2.05, 4.69) is 0 Å². The van der Waals surface area contributed by atoms with Crippen LogP contribution in [0.4, 0.5) is 0 Å². The van der Waals surface area contributed by atoms with Crippen molar-refractivity contribution in [2.45, 2.75) is 13.1 Å². The first-order valence-corrected chi connectivity index (χ1v) is 3.87. The zero-order valence-electron chi connectivity index (χ0n) is 3.08. The van der Waals surface area contributed by atoms with Crippen molar-refractivity contribution in [3.63, 3.8) is 0 Å². The fraction of sp³-hybridized carbons (Fsp3) is 1.00. The van der Waals surface area contributed by atoms with Crippen molar-refractivity contribution in [1.29, 1.82) is 0 Å². The lowest BCUT2D eigenvalue weighted by atomic mass is 11.9. The summed E-state index contributed by atoms with van der Waals surface area (Å²) < 4.78 is 0. The molecule has 0 aliphatic carbocycles. The normalized spacial score (nSPS) is 9.00. The SMILES string of the molecule is C[Si](C)N. The quantitative estimate of drug-likeness (QED) is 0.408. The molecular formula is C2H8NSi. The molecule has 1 radical (unpaired) electrons. The molecule has 0 rings (SSSR count). The summed E-state index contributed by atoms with van der Waals surface area (Å²) in [5.41, 5.74) is 0. The van der Waals surface area contributed by atoms with Crippen LogP contribution in [-0.2, 0) is 0 Å². The molecule has 0 bridgehead atoms. The lowest BCUT2D eigenvalue weighted by Crippen LogP contribution is -2.13. The molecule has 0 amide bonds. The van der Waals surface area contributed by atoms with Crippen molar-refractivity contribution in [3.8, 4) is 0 Å². The van der Waals surface area contributed by atoms with Crippen LogP contribution in [0.5, 0.6) is 0 Å².